The van der Waals surface area contributed by atoms with E-state index in [2.05, 4.69) is 11.9 Å². The van der Waals surface area contributed by atoms with E-state index in [0.717, 1.165) is 6.42 Å². The molecule has 1 aliphatic heterocycles. The monoisotopic (exact) mass is 335 g/mol. The van der Waals surface area contributed by atoms with Crippen molar-refractivity contribution in [2.24, 2.45) is 17.5 Å². The van der Waals surface area contributed by atoms with Crippen molar-refractivity contribution in [3.8, 4) is 5.75 Å². The number of hydrogen-bond donors (Lipinski definition) is 3. The van der Waals surface area contributed by atoms with E-state index in [1.807, 2.05) is 0 Å². The number of aromatic nitrogens is 1. The molecule has 2 heterocycles. The first-order valence-corrected chi connectivity index (χ1v) is 7.85. The summed E-state index contributed by atoms with van der Waals surface area (Å²) in [6.45, 7) is 5.12. The molecule has 5 N–H and O–H groups in total. The number of nitrogens with two attached hydrogens (primary N) is 2. The number of carbonyl (C=O) groups excluding carboxylic acids is 1. The Hall–Kier alpha value is -2.48. The van der Waals surface area contributed by atoms with Crippen molar-refractivity contribution in [2.45, 2.75) is 20.3 Å². The molecule has 24 heavy (non-hydrogen) atoms. The van der Waals surface area contributed by atoms with Gasteiger partial charge in [-0.1, -0.05) is 6.92 Å². The zero-order valence-electron chi connectivity index (χ0n) is 14.3. The van der Waals surface area contributed by atoms with Crippen molar-refractivity contribution in [1.82, 2.24) is 14.9 Å². The number of amides is 1. The Morgan fingerprint density at radius 3 is 2.79 bits per heavy atom. The average Bonchev–Trinajstić information content (AvgIpc) is 2.96. The summed E-state index contributed by atoms with van der Waals surface area (Å²) < 4.78 is 5.34. The topological polar surface area (TPSA) is 118 Å². The fraction of sp³-hybridized carbons (Fsp3) is 0.500. The Balaban J connectivity index is 2.12. The Labute approximate surface area is 141 Å². The Bertz CT molecular complexity index is 645. The molecule has 2 rings (SSSR count). The van der Waals surface area contributed by atoms with Gasteiger partial charge in [-0.3, -0.25) is 0 Å². The summed E-state index contributed by atoms with van der Waals surface area (Å²) in [6.07, 6.45) is 0.606. The first-order valence-electron chi connectivity index (χ1n) is 7.85. The molecule has 132 valence electrons. The predicted molar refractivity (Wildman–Crippen MR) is 90.4 cm³/mol. The van der Waals surface area contributed by atoms with Crippen LogP contribution in [-0.4, -0.2) is 52.8 Å². The fourth-order valence-electron chi connectivity index (χ4n) is 2.54. The third-order valence-corrected chi connectivity index (χ3v) is 4.08. The van der Waals surface area contributed by atoms with E-state index < -0.39 is 0 Å². The molecule has 0 saturated carbocycles. The molecule has 1 aliphatic rings. The third kappa shape index (κ3) is 4.08. The zero-order chi connectivity index (χ0) is 17.9. The average molecular weight is 335 g/mol. The molecule has 1 saturated heterocycles. The number of hydrazine groups is 1. The fourth-order valence-corrected chi connectivity index (χ4v) is 2.54. The van der Waals surface area contributed by atoms with E-state index in [0.29, 0.717) is 41.8 Å². The Morgan fingerprint density at radius 1 is 1.54 bits per heavy atom. The van der Waals surface area contributed by atoms with Crippen LogP contribution in [0, 0.1) is 12.8 Å². The number of ether oxygens (including phenoxy) is 1. The van der Waals surface area contributed by atoms with Gasteiger partial charge in [0.15, 0.2) is 0 Å². The van der Waals surface area contributed by atoms with E-state index in [4.69, 9.17) is 16.3 Å². The Morgan fingerprint density at radius 2 is 2.25 bits per heavy atom. The number of likely N-dealkylation sites (tertiary alicyclic amines) is 1. The van der Waals surface area contributed by atoms with Gasteiger partial charge in [-0.05, 0) is 31.4 Å². The molecule has 0 spiro atoms. The van der Waals surface area contributed by atoms with Crippen LogP contribution in [0.3, 0.4) is 0 Å². The summed E-state index contributed by atoms with van der Waals surface area (Å²) in [5, 5.41) is 10.9. The number of pyridine rings is 1. The van der Waals surface area contributed by atoms with Crippen LogP contribution in [0.4, 0.5) is 4.79 Å². The summed E-state index contributed by atoms with van der Waals surface area (Å²) in [6, 6.07) is 3.10. The first-order chi connectivity index (χ1) is 11.3. The van der Waals surface area contributed by atoms with Crippen molar-refractivity contribution < 1.29 is 14.6 Å². The second-order valence-corrected chi connectivity index (χ2v) is 6.17. The van der Waals surface area contributed by atoms with Crippen molar-refractivity contribution in [3.05, 3.63) is 29.2 Å². The molecule has 0 aliphatic carbocycles. The lowest BCUT2D eigenvalue weighted by atomic mass is 10.2. The van der Waals surface area contributed by atoms with Gasteiger partial charge in [0, 0.05) is 20.1 Å². The minimum Gasteiger partial charge on any atom is -0.506 e. The number of nitrogens with zero attached hydrogens (tertiary/aromatic N) is 3. The van der Waals surface area contributed by atoms with E-state index in [9.17, 15) is 9.90 Å². The molecule has 0 bridgehead atoms. The van der Waals surface area contributed by atoms with Crippen LogP contribution in [0.5, 0.6) is 5.75 Å². The number of likely N-dealkylation sites (N-methyl/N-ethyl adjacent to an activating group) is 1. The molecule has 8 heteroatoms. The van der Waals surface area contributed by atoms with Crippen LogP contribution >= 0.6 is 0 Å². The molecular formula is C16H25N5O3. The number of rotatable bonds is 4. The quantitative estimate of drug-likeness (QED) is 0.555. The molecule has 1 aromatic heterocycles. The van der Waals surface area contributed by atoms with Crippen molar-refractivity contribution >= 4 is 11.8 Å². The van der Waals surface area contributed by atoms with Gasteiger partial charge in [0.1, 0.15) is 12.4 Å². The summed E-state index contributed by atoms with van der Waals surface area (Å²) >= 11 is 0. The summed E-state index contributed by atoms with van der Waals surface area (Å²) in [5.41, 5.74) is 7.78. The van der Waals surface area contributed by atoms with Crippen molar-refractivity contribution in [3.63, 3.8) is 0 Å². The van der Waals surface area contributed by atoms with Crippen molar-refractivity contribution in [2.75, 3.05) is 26.7 Å². The van der Waals surface area contributed by atoms with Crippen LogP contribution in [-0.2, 0) is 4.74 Å². The smallest absolute Gasteiger partial charge is 0.410 e. The van der Waals surface area contributed by atoms with E-state index in [1.54, 1.807) is 24.9 Å². The first kappa shape index (κ1) is 17.9. The Kier molecular flexibility index (Phi) is 5.50. The van der Waals surface area contributed by atoms with Gasteiger partial charge in [0.25, 0.3) is 0 Å². The highest BCUT2D eigenvalue weighted by molar-refractivity contribution is 5.69. The lowest BCUT2D eigenvalue weighted by Gasteiger charge is -2.21. The number of hydrogen-bond acceptors (Lipinski definition) is 7. The molecule has 8 nitrogen and oxygen atoms in total. The highest BCUT2D eigenvalue weighted by atomic mass is 16.6. The molecule has 1 atom stereocenters. The summed E-state index contributed by atoms with van der Waals surface area (Å²) in [7, 11) is 1.61. The second kappa shape index (κ2) is 7.39. The molecule has 1 unspecified atom stereocenters. The lowest BCUT2D eigenvalue weighted by molar-refractivity contribution is 0.112. The SMILES string of the molecule is Cc1nc(/C(N)=C(\COC(=O)N2CCC(C)C2)N(C)N)ccc1O. The minimum atomic E-state index is -0.374. The largest absolute Gasteiger partial charge is 0.506 e. The summed E-state index contributed by atoms with van der Waals surface area (Å²) in [4.78, 5) is 18.0. The van der Waals surface area contributed by atoms with Gasteiger partial charge < -0.3 is 25.5 Å². The normalized spacial score (nSPS) is 18.3. The van der Waals surface area contributed by atoms with Crippen molar-refractivity contribution in [1.29, 1.82) is 0 Å². The highest BCUT2D eigenvalue weighted by Gasteiger charge is 2.25. The molecule has 1 aromatic rings. The van der Waals surface area contributed by atoms with Crippen LogP contribution in [0.1, 0.15) is 24.7 Å². The molecule has 1 amide bonds. The van der Waals surface area contributed by atoms with Gasteiger partial charge in [-0.2, -0.15) is 0 Å². The van der Waals surface area contributed by atoms with Gasteiger partial charge >= 0.3 is 6.09 Å². The predicted octanol–water partition coefficient (Wildman–Crippen LogP) is 1.01. The van der Waals surface area contributed by atoms with E-state index in [1.165, 1.54) is 11.1 Å². The van der Waals surface area contributed by atoms with Gasteiger partial charge in [0.2, 0.25) is 0 Å². The minimum absolute atomic E-state index is 0.0514. The highest BCUT2D eigenvalue weighted by Crippen LogP contribution is 2.20. The molecule has 1 fully saturated rings. The van der Waals surface area contributed by atoms with Crippen LogP contribution < -0.4 is 11.6 Å². The molecule has 0 radical (unpaired) electrons. The maximum absolute atomic E-state index is 12.1. The lowest BCUT2D eigenvalue weighted by Crippen LogP contribution is -2.34. The maximum atomic E-state index is 12.1. The van der Waals surface area contributed by atoms with Crippen LogP contribution in [0.2, 0.25) is 0 Å². The second-order valence-electron chi connectivity index (χ2n) is 6.17. The van der Waals surface area contributed by atoms with Gasteiger partial charge in [-0.15, -0.1) is 0 Å². The van der Waals surface area contributed by atoms with E-state index >= 15 is 0 Å². The molecule has 0 aromatic carbocycles. The van der Waals surface area contributed by atoms with Gasteiger partial charge in [-0.25, -0.2) is 15.6 Å². The van der Waals surface area contributed by atoms with Crippen LogP contribution in [0.15, 0.2) is 17.8 Å². The standard InChI is InChI=1S/C16H25N5O3/c1-10-6-7-21(8-10)16(23)24-9-13(20(3)18)15(17)12-4-5-14(22)11(2)19-12/h4-5,10,22H,6-9,17-18H2,1-3H3/b15-13-. The number of aryl methyl sites for hydroxylation is 1. The van der Waals surface area contributed by atoms with Gasteiger partial charge in [0.05, 0.1) is 22.8 Å². The maximum Gasteiger partial charge on any atom is 0.410 e. The van der Waals surface area contributed by atoms with E-state index in [-0.39, 0.29) is 18.4 Å². The zero-order valence-corrected chi connectivity index (χ0v) is 14.3. The van der Waals surface area contributed by atoms with Crippen LogP contribution in [0.25, 0.3) is 5.70 Å². The number of carbonyl (C=O) groups is 1. The number of aromatic hydroxyl groups is 1. The summed E-state index contributed by atoms with van der Waals surface area (Å²) in [5.74, 6) is 6.39. The third-order valence-electron chi connectivity index (χ3n) is 4.08. The molecular weight excluding hydrogens is 310 g/mol.